The monoisotopic (exact) mass is 1070 g/mol. The molecule has 2 aliphatic rings. The van der Waals surface area contributed by atoms with Crippen molar-refractivity contribution in [3.63, 3.8) is 0 Å². The summed E-state index contributed by atoms with van der Waals surface area (Å²) in [5, 5.41) is 55.0. The van der Waals surface area contributed by atoms with E-state index in [2.05, 4.69) is 49.0 Å². The number of aliphatic imine (C=N–C) groups is 1. The number of hydrogen-bond donors (Lipinski definition) is 9. The SMILES string of the molecule is CSCC[C@H](NC(=O)c1cccc2c1CCN(C(=O)CN1CCN(CC(=O)O)CCN(CC(=O)O)CCN(CC(=O)O)CC1)C2)C(=O)NCC(=O)N[C@@H](CCCCNC(=S)Nc1ccc(N=C=S)cc1)C(=O)O. The lowest BCUT2D eigenvalue weighted by molar-refractivity contribution is -0.142. The molecule has 2 heterocycles. The number of amides is 4. The van der Waals surface area contributed by atoms with E-state index < -0.39 is 60.2 Å². The Balaban J connectivity index is 1.30. The molecule has 1 fully saturated rings. The average molecular weight is 1070 g/mol. The number of benzene rings is 2. The molecule has 2 aromatic rings. The molecule has 0 spiro atoms. The zero-order valence-electron chi connectivity index (χ0n) is 40.7. The van der Waals surface area contributed by atoms with E-state index in [0.717, 1.165) is 11.3 Å². The number of fused-ring (bicyclic) bond motifs is 1. The van der Waals surface area contributed by atoms with Crippen molar-refractivity contribution in [1.82, 2.24) is 45.8 Å². The topological polar surface area (TPSA) is 306 Å². The summed E-state index contributed by atoms with van der Waals surface area (Å²) in [6, 6.07) is 9.97. The van der Waals surface area contributed by atoms with Crippen molar-refractivity contribution in [1.29, 1.82) is 0 Å². The molecule has 0 radical (unpaired) electrons. The molecule has 0 unspecified atom stereocenters. The van der Waals surface area contributed by atoms with Gasteiger partial charge in [-0.2, -0.15) is 16.8 Å². The van der Waals surface area contributed by atoms with E-state index in [9.17, 15) is 58.8 Å². The van der Waals surface area contributed by atoms with Crippen molar-refractivity contribution < 1.29 is 58.8 Å². The lowest BCUT2D eigenvalue weighted by Gasteiger charge is -2.35. The Kier molecular flexibility index (Phi) is 25.6. The van der Waals surface area contributed by atoms with Crippen LogP contribution in [0.1, 0.15) is 47.2 Å². The molecule has 4 amide bonds. The first-order chi connectivity index (χ1) is 34.9. The number of thioether (sulfide) groups is 1. The molecule has 26 heteroatoms. The summed E-state index contributed by atoms with van der Waals surface area (Å²) >= 11 is 11.4. The fourth-order valence-corrected chi connectivity index (χ4v) is 8.96. The fraction of sp³-hybridized carbons (Fsp3) is 0.532. The summed E-state index contributed by atoms with van der Waals surface area (Å²) in [5.74, 6) is -5.97. The van der Waals surface area contributed by atoms with Crippen LogP contribution in [-0.2, 0) is 46.5 Å². The second kappa shape index (κ2) is 31.5. The molecule has 2 aliphatic heterocycles. The molecule has 0 aliphatic carbocycles. The van der Waals surface area contributed by atoms with Gasteiger partial charge in [0.05, 0.1) is 43.6 Å². The number of nitrogens with one attached hydrogen (secondary N) is 5. The lowest BCUT2D eigenvalue weighted by Crippen LogP contribution is -2.51. The summed E-state index contributed by atoms with van der Waals surface area (Å²) in [5.41, 5.74) is 3.15. The van der Waals surface area contributed by atoms with E-state index in [1.807, 2.05) is 17.2 Å². The predicted molar refractivity (Wildman–Crippen MR) is 280 cm³/mol. The van der Waals surface area contributed by atoms with Crippen LogP contribution in [0.4, 0.5) is 11.4 Å². The van der Waals surface area contributed by atoms with Crippen molar-refractivity contribution in [2.45, 2.75) is 50.7 Å². The minimum absolute atomic E-state index is 0.0418. The van der Waals surface area contributed by atoms with Gasteiger partial charge in [-0.25, -0.2) is 4.79 Å². The van der Waals surface area contributed by atoms with Gasteiger partial charge >= 0.3 is 23.9 Å². The zero-order chi connectivity index (χ0) is 53.3. The number of isothiocyanates is 1. The predicted octanol–water partition coefficient (Wildman–Crippen LogP) is 0.475. The molecule has 0 aromatic heterocycles. The van der Waals surface area contributed by atoms with Crippen LogP contribution in [0.25, 0.3) is 0 Å². The molecule has 2 atom stereocenters. The number of rotatable bonds is 25. The number of thiocarbonyl (C=S) groups is 2. The number of carboxylic acids is 4. The van der Waals surface area contributed by atoms with E-state index in [1.165, 1.54) is 11.8 Å². The molecule has 398 valence electrons. The van der Waals surface area contributed by atoms with Gasteiger partial charge in [0.2, 0.25) is 17.7 Å². The van der Waals surface area contributed by atoms with Crippen molar-refractivity contribution >= 4 is 105 Å². The standard InChI is InChI=1S/C47H65N11O12S3/c1-73-24-13-37(45(68)49-25-39(59)52-38(46(69)70)7-2-3-14-48-47(72)51-34-10-8-33(9-11-34)50-31-71)53-44(67)36-6-4-5-32-26-58(15-12-35(32)36)40(60)27-54-16-18-55(28-41(61)62)20-22-57(30-43(65)66)23-21-56(19-17-54)29-42(63)64/h4-6,8-11,37-38H,2-3,7,12-30H2,1H3,(H,49,68)(H,52,59)(H,53,67)(H,61,62)(H,63,64)(H,65,66)(H,69,70)(H2,48,51,72)/t37-,38-/m0/s1. The van der Waals surface area contributed by atoms with Gasteiger partial charge in [0.15, 0.2) is 5.11 Å². The maximum absolute atomic E-state index is 13.9. The van der Waals surface area contributed by atoms with E-state index >= 15 is 0 Å². The van der Waals surface area contributed by atoms with Crippen LogP contribution < -0.4 is 26.6 Å². The van der Waals surface area contributed by atoms with Crippen LogP contribution in [-0.4, -0.2) is 225 Å². The van der Waals surface area contributed by atoms with Crippen molar-refractivity contribution in [2.75, 3.05) is 115 Å². The van der Waals surface area contributed by atoms with E-state index in [4.69, 9.17) is 12.2 Å². The molecule has 23 nitrogen and oxygen atoms in total. The molecular weight excluding hydrogens is 1010 g/mol. The average Bonchev–Trinajstić information content (AvgIpc) is 3.34. The number of carboxylic acid groups (broad SMARTS) is 4. The Morgan fingerprint density at radius 1 is 0.712 bits per heavy atom. The highest BCUT2D eigenvalue weighted by molar-refractivity contribution is 7.98. The lowest BCUT2D eigenvalue weighted by atomic mass is 9.93. The summed E-state index contributed by atoms with van der Waals surface area (Å²) in [6.45, 7) is 1.55. The smallest absolute Gasteiger partial charge is 0.326 e. The first kappa shape index (κ1) is 59.4. The van der Waals surface area contributed by atoms with E-state index in [1.54, 1.807) is 56.0 Å². The van der Waals surface area contributed by atoms with Crippen LogP contribution >= 0.6 is 36.2 Å². The molecule has 9 N–H and O–H groups in total. The maximum Gasteiger partial charge on any atom is 0.326 e. The van der Waals surface area contributed by atoms with Crippen LogP contribution in [0, 0.1) is 0 Å². The Morgan fingerprint density at radius 2 is 1.29 bits per heavy atom. The third-order valence-corrected chi connectivity index (χ3v) is 13.0. The number of carbonyl (C=O) groups excluding carboxylic acids is 4. The zero-order valence-corrected chi connectivity index (χ0v) is 43.2. The Hall–Kier alpha value is -6.12. The minimum atomic E-state index is -1.23. The summed E-state index contributed by atoms with van der Waals surface area (Å²) in [7, 11) is 0. The maximum atomic E-state index is 13.9. The largest absolute Gasteiger partial charge is 0.480 e. The Labute approximate surface area is 438 Å². The van der Waals surface area contributed by atoms with Gasteiger partial charge < -0.3 is 51.9 Å². The highest BCUT2D eigenvalue weighted by Crippen LogP contribution is 2.24. The first-order valence-corrected chi connectivity index (χ1v) is 25.9. The molecule has 1 saturated heterocycles. The molecule has 73 heavy (non-hydrogen) atoms. The van der Waals surface area contributed by atoms with Gasteiger partial charge in [-0.05, 0) is 110 Å². The van der Waals surface area contributed by atoms with E-state index in [0.29, 0.717) is 53.5 Å². The van der Waals surface area contributed by atoms with Gasteiger partial charge in [0, 0.05) is 83.2 Å². The highest BCUT2D eigenvalue weighted by atomic mass is 32.2. The molecule has 2 aromatic carbocycles. The first-order valence-electron chi connectivity index (χ1n) is 23.7. The van der Waals surface area contributed by atoms with Gasteiger partial charge in [0.25, 0.3) is 5.91 Å². The molecule has 0 saturated carbocycles. The highest BCUT2D eigenvalue weighted by Gasteiger charge is 2.29. The van der Waals surface area contributed by atoms with Crippen molar-refractivity contribution in [3.8, 4) is 0 Å². The van der Waals surface area contributed by atoms with Gasteiger partial charge in [-0.15, -0.1) is 0 Å². The van der Waals surface area contributed by atoms with Crippen LogP contribution in [0.3, 0.4) is 0 Å². The van der Waals surface area contributed by atoms with Crippen LogP contribution in [0.2, 0.25) is 0 Å². The minimum Gasteiger partial charge on any atom is -0.480 e. The number of nitrogens with zero attached hydrogens (tertiary/aromatic N) is 6. The number of carbonyl (C=O) groups is 8. The van der Waals surface area contributed by atoms with Crippen LogP contribution in [0.15, 0.2) is 47.5 Å². The Morgan fingerprint density at radius 3 is 1.82 bits per heavy atom. The fourth-order valence-electron chi connectivity index (χ4n) is 8.17. The second-order valence-electron chi connectivity index (χ2n) is 17.4. The molecule has 0 bridgehead atoms. The normalized spacial score (nSPS) is 15.9. The van der Waals surface area contributed by atoms with Gasteiger partial charge in [-0.3, -0.25) is 53.2 Å². The summed E-state index contributed by atoms with van der Waals surface area (Å²) in [6.07, 6.45) is 3.52. The Bertz CT molecular complexity index is 2270. The summed E-state index contributed by atoms with van der Waals surface area (Å²) in [4.78, 5) is 114. The quantitative estimate of drug-likeness (QED) is 0.0371. The molecular formula is C47H65N11O12S3. The second-order valence-corrected chi connectivity index (χ2v) is 19.0. The number of unbranched alkanes of at least 4 members (excludes halogenated alkanes) is 1. The third-order valence-electron chi connectivity index (χ3n) is 12.0. The van der Waals surface area contributed by atoms with Gasteiger partial charge in [0.1, 0.15) is 12.1 Å². The van der Waals surface area contributed by atoms with Gasteiger partial charge in [-0.1, -0.05) is 12.1 Å². The third kappa shape index (κ3) is 21.9. The number of aliphatic carboxylic acids is 4. The number of anilines is 1. The van der Waals surface area contributed by atoms with Crippen LogP contribution in [0.5, 0.6) is 0 Å². The van der Waals surface area contributed by atoms with E-state index in [-0.39, 0.29) is 110 Å². The molecule has 4 rings (SSSR count). The van der Waals surface area contributed by atoms with Crippen molar-refractivity contribution in [2.24, 2.45) is 4.99 Å². The number of hydrogen-bond acceptors (Lipinski definition) is 16. The van der Waals surface area contributed by atoms with Crippen molar-refractivity contribution in [3.05, 3.63) is 59.2 Å². The summed E-state index contributed by atoms with van der Waals surface area (Å²) < 4.78 is 0.